The smallest absolute Gasteiger partial charge is 0.256 e. The lowest BCUT2D eigenvalue weighted by molar-refractivity contribution is -0.126. The second-order valence-electron chi connectivity index (χ2n) is 6.43. The van der Waals surface area contributed by atoms with Crippen LogP contribution in [0, 0.1) is 11.7 Å². The first-order chi connectivity index (χ1) is 11.6. The molecule has 2 heterocycles. The first kappa shape index (κ1) is 16.9. The zero-order valence-electron chi connectivity index (χ0n) is 13.7. The Morgan fingerprint density at radius 3 is 2.62 bits per heavy atom. The molecule has 2 aliphatic heterocycles. The van der Waals surface area contributed by atoms with Crippen LogP contribution in [-0.4, -0.2) is 49.1 Å². The molecule has 5 nitrogen and oxygen atoms in total. The molecule has 6 heteroatoms. The van der Waals surface area contributed by atoms with E-state index in [-0.39, 0.29) is 29.4 Å². The van der Waals surface area contributed by atoms with E-state index in [9.17, 15) is 14.0 Å². The number of rotatable bonds is 4. The molecule has 24 heavy (non-hydrogen) atoms. The number of benzene rings is 1. The number of ether oxygens (including phenoxy) is 1. The fourth-order valence-electron chi connectivity index (χ4n) is 3.31. The number of piperidine rings is 1. The fourth-order valence-corrected chi connectivity index (χ4v) is 3.31. The summed E-state index contributed by atoms with van der Waals surface area (Å²) >= 11 is 0. The minimum absolute atomic E-state index is 0.0310. The molecule has 1 N–H and O–H groups in total. The summed E-state index contributed by atoms with van der Waals surface area (Å²) in [5.41, 5.74) is 0.0961. The molecule has 0 bridgehead atoms. The van der Waals surface area contributed by atoms with Crippen LogP contribution in [0.4, 0.5) is 4.39 Å². The molecule has 2 saturated heterocycles. The van der Waals surface area contributed by atoms with E-state index in [1.54, 1.807) is 17.0 Å². The second kappa shape index (κ2) is 7.75. The van der Waals surface area contributed by atoms with Crippen molar-refractivity contribution in [2.45, 2.75) is 31.8 Å². The number of nitrogens with one attached hydrogen (secondary N) is 1. The fraction of sp³-hybridized carbons (Fsp3) is 0.556. The van der Waals surface area contributed by atoms with Crippen LogP contribution in [0.3, 0.4) is 0 Å². The molecule has 0 aliphatic carbocycles. The first-order valence-electron chi connectivity index (χ1n) is 8.58. The Morgan fingerprint density at radius 1 is 1.21 bits per heavy atom. The Kier molecular flexibility index (Phi) is 5.45. The van der Waals surface area contributed by atoms with Crippen LogP contribution in [-0.2, 0) is 9.53 Å². The third-order valence-electron chi connectivity index (χ3n) is 4.79. The number of carbonyl (C=O) groups excluding carboxylic acids is 2. The Morgan fingerprint density at radius 2 is 1.96 bits per heavy atom. The third kappa shape index (κ3) is 3.93. The minimum atomic E-state index is -0.501. The van der Waals surface area contributed by atoms with Crippen molar-refractivity contribution in [1.29, 1.82) is 0 Å². The maximum Gasteiger partial charge on any atom is 0.256 e. The van der Waals surface area contributed by atoms with Crippen molar-refractivity contribution in [3.05, 3.63) is 35.6 Å². The van der Waals surface area contributed by atoms with Gasteiger partial charge in [-0.3, -0.25) is 9.59 Å². The van der Waals surface area contributed by atoms with Gasteiger partial charge in [-0.1, -0.05) is 12.1 Å². The lowest BCUT2D eigenvalue weighted by atomic mass is 9.95. The van der Waals surface area contributed by atoms with Gasteiger partial charge in [-0.2, -0.15) is 0 Å². The van der Waals surface area contributed by atoms with Crippen LogP contribution in [0.5, 0.6) is 0 Å². The number of halogens is 1. The maximum absolute atomic E-state index is 13.7. The van der Waals surface area contributed by atoms with E-state index in [0.717, 1.165) is 19.4 Å². The topological polar surface area (TPSA) is 58.6 Å². The predicted octanol–water partition coefficient (Wildman–Crippen LogP) is 1.97. The highest BCUT2D eigenvalue weighted by molar-refractivity contribution is 5.94. The van der Waals surface area contributed by atoms with Gasteiger partial charge in [-0.25, -0.2) is 4.39 Å². The Labute approximate surface area is 141 Å². The summed E-state index contributed by atoms with van der Waals surface area (Å²) in [6.45, 7) is 2.29. The number of nitrogens with zero attached hydrogens (tertiary/aromatic N) is 1. The molecule has 0 spiro atoms. The van der Waals surface area contributed by atoms with Crippen LogP contribution in [0.1, 0.15) is 36.0 Å². The monoisotopic (exact) mass is 334 g/mol. The van der Waals surface area contributed by atoms with E-state index in [0.29, 0.717) is 32.5 Å². The molecule has 1 aromatic rings. The van der Waals surface area contributed by atoms with Gasteiger partial charge in [0.1, 0.15) is 5.82 Å². The van der Waals surface area contributed by atoms with E-state index < -0.39 is 5.82 Å². The van der Waals surface area contributed by atoms with Crippen molar-refractivity contribution < 1.29 is 18.7 Å². The molecule has 0 saturated carbocycles. The minimum Gasteiger partial charge on any atom is -0.376 e. The molecule has 2 aliphatic rings. The molecule has 3 rings (SSSR count). The molecule has 2 fully saturated rings. The van der Waals surface area contributed by atoms with Gasteiger partial charge < -0.3 is 15.0 Å². The van der Waals surface area contributed by atoms with Gasteiger partial charge in [-0.05, 0) is 37.8 Å². The van der Waals surface area contributed by atoms with Crippen molar-refractivity contribution in [2.75, 3.05) is 26.2 Å². The largest absolute Gasteiger partial charge is 0.376 e. The van der Waals surface area contributed by atoms with Gasteiger partial charge >= 0.3 is 0 Å². The van der Waals surface area contributed by atoms with E-state index in [2.05, 4.69) is 5.32 Å². The summed E-state index contributed by atoms with van der Waals surface area (Å²) in [5, 5.41) is 2.95. The molecular formula is C18H23FN2O3. The first-order valence-corrected chi connectivity index (χ1v) is 8.58. The normalized spacial score (nSPS) is 21.7. The van der Waals surface area contributed by atoms with Gasteiger partial charge in [0.2, 0.25) is 5.91 Å². The predicted molar refractivity (Wildman–Crippen MR) is 87.0 cm³/mol. The highest BCUT2D eigenvalue weighted by atomic mass is 19.1. The van der Waals surface area contributed by atoms with Crippen molar-refractivity contribution >= 4 is 11.8 Å². The average molecular weight is 334 g/mol. The van der Waals surface area contributed by atoms with Crippen LogP contribution in [0.15, 0.2) is 24.3 Å². The van der Waals surface area contributed by atoms with Gasteiger partial charge in [-0.15, -0.1) is 0 Å². The quantitative estimate of drug-likeness (QED) is 0.916. The Bertz CT molecular complexity index is 594. The zero-order valence-corrected chi connectivity index (χ0v) is 13.7. The summed E-state index contributed by atoms with van der Waals surface area (Å²) in [5.74, 6) is -0.857. The summed E-state index contributed by atoms with van der Waals surface area (Å²) in [6, 6.07) is 6.01. The highest BCUT2D eigenvalue weighted by Gasteiger charge is 2.29. The lowest BCUT2D eigenvalue weighted by Crippen LogP contribution is -2.44. The molecule has 2 amide bonds. The lowest BCUT2D eigenvalue weighted by Gasteiger charge is -2.31. The molecule has 1 aromatic carbocycles. The molecule has 0 aromatic heterocycles. The van der Waals surface area contributed by atoms with Crippen LogP contribution in [0.2, 0.25) is 0 Å². The number of amides is 2. The molecular weight excluding hydrogens is 311 g/mol. The number of likely N-dealkylation sites (tertiary alicyclic amines) is 1. The van der Waals surface area contributed by atoms with E-state index in [1.165, 1.54) is 12.1 Å². The van der Waals surface area contributed by atoms with Crippen LogP contribution in [0.25, 0.3) is 0 Å². The van der Waals surface area contributed by atoms with Crippen molar-refractivity contribution in [3.8, 4) is 0 Å². The number of carbonyl (C=O) groups is 2. The number of hydrogen-bond donors (Lipinski definition) is 1. The van der Waals surface area contributed by atoms with Gasteiger partial charge in [0.25, 0.3) is 5.91 Å². The third-order valence-corrected chi connectivity index (χ3v) is 4.79. The van der Waals surface area contributed by atoms with E-state index in [1.807, 2.05) is 0 Å². The maximum atomic E-state index is 13.7. The molecule has 130 valence electrons. The summed E-state index contributed by atoms with van der Waals surface area (Å²) in [6.07, 6.45) is 3.40. The standard InChI is InChI=1S/C18H23FN2O3/c19-16-6-2-1-5-15(16)18(23)21-9-7-13(8-10-21)17(22)20-12-14-4-3-11-24-14/h1-2,5-6,13-14H,3-4,7-12H2,(H,20,22)/t14-/m0/s1. The SMILES string of the molecule is O=C(NC[C@@H]1CCCO1)C1CCN(C(=O)c2ccccc2F)CC1. The van der Waals surface area contributed by atoms with Crippen molar-refractivity contribution in [3.63, 3.8) is 0 Å². The van der Waals surface area contributed by atoms with Gasteiger partial charge in [0.15, 0.2) is 0 Å². The summed E-state index contributed by atoms with van der Waals surface area (Å²) in [7, 11) is 0. The van der Waals surface area contributed by atoms with Crippen molar-refractivity contribution in [2.24, 2.45) is 5.92 Å². The van der Waals surface area contributed by atoms with Crippen LogP contribution < -0.4 is 5.32 Å². The van der Waals surface area contributed by atoms with Gasteiger partial charge in [0, 0.05) is 32.2 Å². The summed E-state index contributed by atoms with van der Waals surface area (Å²) in [4.78, 5) is 26.2. The molecule has 0 radical (unpaired) electrons. The van der Waals surface area contributed by atoms with E-state index in [4.69, 9.17) is 4.74 Å². The molecule has 1 atom stereocenters. The highest BCUT2D eigenvalue weighted by Crippen LogP contribution is 2.20. The van der Waals surface area contributed by atoms with Gasteiger partial charge in [0.05, 0.1) is 11.7 Å². The zero-order chi connectivity index (χ0) is 16.9. The Hall–Kier alpha value is -1.95. The van der Waals surface area contributed by atoms with E-state index >= 15 is 0 Å². The second-order valence-corrected chi connectivity index (χ2v) is 6.43. The summed E-state index contributed by atoms with van der Waals surface area (Å²) < 4.78 is 19.2. The number of hydrogen-bond acceptors (Lipinski definition) is 3. The molecule has 0 unspecified atom stereocenters. The van der Waals surface area contributed by atoms with Crippen molar-refractivity contribution in [1.82, 2.24) is 10.2 Å². The Balaban J connectivity index is 1.47. The average Bonchev–Trinajstić information content (AvgIpc) is 3.13. The van der Waals surface area contributed by atoms with Crippen LogP contribution >= 0.6 is 0 Å².